The Morgan fingerprint density at radius 2 is 1.90 bits per heavy atom. The second-order valence-corrected chi connectivity index (χ2v) is 6.80. The number of hydrogen-bond donors (Lipinski definition) is 1. The molecule has 0 fully saturated rings. The number of nitrogens with zero attached hydrogens (tertiary/aromatic N) is 2. The van der Waals surface area contributed by atoms with Gasteiger partial charge >= 0.3 is 0 Å². The average molecular weight is 413 g/mol. The highest BCUT2D eigenvalue weighted by Gasteiger charge is 2.16. The molecule has 0 aliphatic heterocycles. The van der Waals surface area contributed by atoms with Gasteiger partial charge in [0.2, 0.25) is 5.91 Å². The third-order valence-corrected chi connectivity index (χ3v) is 4.77. The van der Waals surface area contributed by atoms with Crippen LogP contribution in [0.5, 0.6) is 11.5 Å². The van der Waals surface area contributed by atoms with Crippen LogP contribution in [-0.2, 0) is 4.79 Å². The number of hydrogen-bond acceptors (Lipinski definition) is 8. The minimum absolute atomic E-state index is 0.0492. The van der Waals surface area contributed by atoms with Crippen LogP contribution in [0.2, 0.25) is 0 Å². The van der Waals surface area contributed by atoms with Crippen molar-refractivity contribution in [1.29, 1.82) is 0 Å². The second-order valence-electron chi connectivity index (χ2n) is 5.88. The Kier molecular flexibility index (Phi) is 6.50. The number of carbonyl (C=O) groups excluding carboxylic acids is 2. The standard InChI is InChI=1S/C20H19N3O5S/c1-12(24)14-6-4-5-7-16(14)21-18(25)11-29-20-23-22-19(28-20)15-9-8-13(26-2)10-17(15)27-3/h4-10H,11H2,1-3H3,(H,21,25). The van der Waals surface area contributed by atoms with Gasteiger partial charge in [-0.15, -0.1) is 10.2 Å². The summed E-state index contributed by atoms with van der Waals surface area (Å²) in [6.45, 7) is 1.45. The molecule has 0 saturated heterocycles. The summed E-state index contributed by atoms with van der Waals surface area (Å²) < 4.78 is 16.1. The SMILES string of the molecule is COc1ccc(-c2nnc(SCC(=O)Nc3ccccc3C(C)=O)o2)c(OC)c1. The summed E-state index contributed by atoms with van der Waals surface area (Å²) in [6.07, 6.45) is 0. The molecular weight excluding hydrogens is 394 g/mol. The molecule has 1 N–H and O–H groups in total. The monoisotopic (exact) mass is 413 g/mol. The maximum atomic E-state index is 12.2. The van der Waals surface area contributed by atoms with Gasteiger partial charge < -0.3 is 19.2 Å². The molecule has 1 amide bonds. The molecule has 0 atom stereocenters. The summed E-state index contributed by atoms with van der Waals surface area (Å²) in [5, 5.41) is 10.9. The van der Waals surface area contributed by atoms with Crippen molar-refractivity contribution in [3.8, 4) is 23.0 Å². The Hall–Kier alpha value is -3.33. The summed E-state index contributed by atoms with van der Waals surface area (Å²) >= 11 is 1.10. The summed E-state index contributed by atoms with van der Waals surface area (Å²) in [7, 11) is 3.10. The molecule has 1 aromatic heterocycles. The van der Waals surface area contributed by atoms with E-state index in [9.17, 15) is 9.59 Å². The third kappa shape index (κ3) is 4.94. The first-order chi connectivity index (χ1) is 14.0. The molecule has 0 spiro atoms. The zero-order valence-electron chi connectivity index (χ0n) is 16.1. The van der Waals surface area contributed by atoms with Crippen molar-refractivity contribution in [1.82, 2.24) is 10.2 Å². The molecule has 0 bridgehead atoms. The maximum Gasteiger partial charge on any atom is 0.277 e. The zero-order valence-corrected chi connectivity index (χ0v) is 16.9. The fourth-order valence-corrected chi connectivity index (χ4v) is 3.13. The van der Waals surface area contributed by atoms with Crippen molar-refractivity contribution in [3.05, 3.63) is 48.0 Å². The highest BCUT2D eigenvalue weighted by Crippen LogP contribution is 2.33. The largest absolute Gasteiger partial charge is 0.497 e. The molecule has 0 radical (unpaired) electrons. The Bertz CT molecular complexity index is 1030. The van der Waals surface area contributed by atoms with E-state index in [0.29, 0.717) is 28.3 Å². The first-order valence-electron chi connectivity index (χ1n) is 8.60. The minimum atomic E-state index is -0.287. The lowest BCUT2D eigenvalue weighted by Gasteiger charge is -2.08. The van der Waals surface area contributed by atoms with E-state index < -0.39 is 0 Å². The van der Waals surface area contributed by atoms with Crippen LogP contribution in [0.4, 0.5) is 5.69 Å². The third-order valence-electron chi connectivity index (χ3n) is 3.95. The Morgan fingerprint density at radius 1 is 1.10 bits per heavy atom. The molecule has 0 unspecified atom stereocenters. The van der Waals surface area contributed by atoms with E-state index in [1.54, 1.807) is 49.6 Å². The lowest BCUT2D eigenvalue weighted by atomic mass is 10.1. The number of amides is 1. The van der Waals surface area contributed by atoms with E-state index >= 15 is 0 Å². The molecule has 29 heavy (non-hydrogen) atoms. The van der Waals surface area contributed by atoms with Gasteiger partial charge in [0, 0.05) is 11.6 Å². The van der Waals surface area contributed by atoms with Gasteiger partial charge in [-0.2, -0.15) is 0 Å². The van der Waals surface area contributed by atoms with Gasteiger partial charge in [-0.25, -0.2) is 0 Å². The summed E-state index contributed by atoms with van der Waals surface area (Å²) in [4.78, 5) is 23.9. The van der Waals surface area contributed by atoms with Gasteiger partial charge in [-0.3, -0.25) is 9.59 Å². The minimum Gasteiger partial charge on any atom is -0.497 e. The van der Waals surface area contributed by atoms with Crippen LogP contribution in [0, 0.1) is 0 Å². The number of thioether (sulfide) groups is 1. The molecule has 0 saturated carbocycles. The van der Waals surface area contributed by atoms with Gasteiger partial charge in [0.1, 0.15) is 11.5 Å². The second kappa shape index (κ2) is 9.24. The number of para-hydroxylation sites is 1. The number of nitrogens with one attached hydrogen (secondary N) is 1. The number of Topliss-reactive ketones (excluding diaryl/α,β-unsaturated/α-hetero) is 1. The van der Waals surface area contributed by atoms with Gasteiger partial charge in [0.15, 0.2) is 5.78 Å². The van der Waals surface area contributed by atoms with Crippen molar-refractivity contribution in [2.45, 2.75) is 12.1 Å². The van der Waals surface area contributed by atoms with Crippen LogP contribution in [0.1, 0.15) is 17.3 Å². The Morgan fingerprint density at radius 3 is 2.62 bits per heavy atom. The van der Waals surface area contributed by atoms with Gasteiger partial charge in [0.25, 0.3) is 11.1 Å². The van der Waals surface area contributed by atoms with E-state index in [0.717, 1.165) is 11.8 Å². The normalized spacial score (nSPS) is 10.4. The predicted octanol–water partition coefficient (Wildman–Crippen LogP) is 3.69. The molecule has 0 aliphatic carbocycles. The van der Waals surface area contributed by atoms with E-state index in [4.69, 9.17) is 13.9 Å². The summed E-state index contributed by atoms with van der Waals surface area (Å²) in [5.74, 6) is 1.09. The molecule has 150 valence electrons. The van der Waals surface area contributed by atoms with Gasteiger partial charge in [-0.1, -0.05) is 23.9 Å². The molecule has 1 heterocycles. The number of rotatable bonds is 8. The first kappa shape index (κ1) is 20.4. The molecule has 0 aliphatic rings. The molecule has 9 heteroatoms. The molecular formula is C20H19N3O5S. The lowest BCUT2D eigenvalue weighted by Crippen LogP contribution is -2.16. The highest BCUT2D eigenvalue weighted by molar-refractivity contribution is 7.99. The van der Waals surface area contributed by atoms with Crippen LogP contribution in [-0.4, -0.2) is 41.9 Å². The van der Waals surface area contributed by atoms with E-state index in [1.807, 2.05) is 0 Å². The van der Waals surface area contributed by atoms with Gasteiger partial charge in [-0.05, 0) is 31.2 Å². The van der Waals surface area contributed by atoms with Crippen molar-refractivity contribution in [2.24, 2.45) is 0 Å². The Labute approximate surface area is 171 Å². The van der Waals surface area contributed by atoms with Crippen molar-refractivity contribution < 1.29 is 23.5 Å². The average Bonchev–Trinajstić information content (AvgIpc) is 3.20. The number of methoxy groups -OCH3 is 2. The van der Waals surface area contributed by atoms with Crippen molar-refractivity contribution in [3.63, 3.8) is 0 Å². The van der Waals surface area contributed by atoms with Crippen LogP contribution < -0.4 is 14.8 Å². The summed E-state index contributed by atoms with van der Waals surface area (Å²) in [6, 6.07) is 12.1. The van der Waals surface area contributed by atoms with Gasteiger partial charge in [0.05, 0.1) is 31.2 Å². The zero-order chi connectivity index (χ0) is 20.8. The van der Waals surface area contributed by atoms with Crippen LogP contribution in [0.15, 0.2) is 52.1 Å². The van der Waals surface area contributed by atoms with E-state index in [-0.39, 0.29) is 28.6 Å². The fraction of sp³-hybridized carbons (Fsp3) is 0.200. The first-order valence-corrected chi connectivity index (χ1v) is 9.59. The van der Waals surface area contributed by atoms with E-state index in [2.05, 4.69) is 15.5 Å². The smallest absolute Gasteiger partial charge is 0.277 e. The topological polar surface area (TPSA) is 104 Å². The number of ketones is 1. The van der Waals surface area contributed by atoms with Crippen molar-refractivity contribution >= 4 is 29.1 Å². The Balaban J connectivity index is 1.66. The number of aromatic nitrogens is 2. The highest BCUT2D eigenvalue weighted by atomic mass is 32.2. The molecule has 3 aromatic rings. The predicted molar refractivity (Wildman–Crippen MR) is 109 cm³/mol. The fourth-order valence-electron chi connectivity index (χ4n) is 2.56. The van der Waals surface area contributed by atoms with Crippen LogP contribution in [0.3, 0.4) is 0 Å². The number of benzene rings is 2. The summed E-state index contributed by atoms with van der Waals surface area (Å²) in [5.41, 5.74) is 1.55. The molecule has 2 aromatic carbocycles. The lowest BCUT2D eigenvalue weighted by molar-refractivity contribution is -0.113. The maximum absolute atomic E-state index is 12.2. The van der Waals surface area contributed by atoms with Crippen LogP contribution in [0.25, 0.3) is 11.5 Å². The molecule has 3 rings (SSSR count). The van der Waals surface area contributed by atoms with Crippen molar-refractivity contribution in [2.75, 3.05) is 25.3 Å². The number of ether oxygens (including phenoxy) is 2. The quantitative estimate of drug-likeness (QED) is 0.440. The number of anilines is 1. The number of carbonyl (C=O) groups is 2. The van der Waals surface area contributed by atoms with E-state index in [1.165, 1.54) is 14.0 Å². The molecule has 8 nitrogen and oxygen atoms in total. The van der Waals surface area contributed by atoms with Crippen LogP contribution >= 0.6 is 11.8 Å².